The average Bonchev–Trinajstić information content (AvgIpc) is 3.67. The highest BCUT2D eigenvalue weighted by molar-refractivity contribution is 5.91. The molecule has 0 radical (unpaired) electrons. The van der Waals surface area contributed by atoms with E-state index in [-0.39, 0.29) is 31.3 Å². The molecule has 1 fully saturated rings. The van der Waals surface area contributed by atoms with Crippen molar-refractivity contribution in [1.29, 1.82) is 0 Å². The number of aromatic nitrogens is 2. The molecule has 1 aliphatic rings. The van der Waals surface area contributed by atoms with Gasteiger partial charge in [-0.3, -0.25) is 9.59 Å². The summed E-state index contributed by atoms with van der Waals surface area (Å²) in [5, 5.41) is 32.3. The van der Waals surface area contributed by atoms with Crippen molar-refractivity contribution in [3.8, 4) is 0 Å². The summed E-state index contributed by atoms with van der Waals surface area (Å²) in [6, 6.07) is 15.7. The Hall–Kier alpha value is -4.91. The number of aliphatic hydroxyl groups is 1. The molecule has 0 saturated heterocycles. The molecule has 13 nitrogen and oxygen atoms in total. The zero-order valence-corrected chi connectivity index (χ0v) is 30.8. The number of ether oxygens (including phenoxy) is 1. The number of hydrogen-bond acceptors (Lipinski definition) is 7. The minimum atomic E-state index is -1.36. The van der Waals surface area contributed by atoms with Crippen LogP contribution in [0.2, 0.25) is 0 Å². The Bertz CT molecular complexity index is 1530. The van der Waals surface area contributed by atoms with Gasteiger partial charge in [-0.2, -0.15) is 0 Å². The molecule has 1 aromatic heterocycles. The SMILES string of the molecule is CC(C)[C@@H](CCNC(=O)OCc1ccccc1)C[C@H](O)[C@H](CC1CCCCC1)NC(=O)[C@H](Cc1cnc[nH]1)NC(=O)[C@H](Cc1ccccc1)NC(=O)O. The smallest absolute Gasteiger partial charge is 0.407 e. The normalized spacial score (nSPS) is 16.1. The number of rotatable bonds is 20. The highest BCUT2D eigenvalue weighted by atomic mass is 16.5. The van der Waals surface area contributed by atoms with Crippen LogP contribution >= 0.6 is 0 Å². The molecular formula is C40H56N6O7. The molecule has 288 valence electrons. The number of H-pyrrole nitrogens is 1. The van der Waals surface area contributed by atoms with Crippen LogP contribution in [0.5, 0.6) is 0 Å². The van der Waals surface area contributed by atoms with E-state index in [9.17, 15) is 29.4 Å². The molecule has 0 spiro atoms. The number of amides is 4. The van der Waals surface area contributed by atoms with Gasteiger partial charge in [-0.05, 0) is 48.1 Å². The van der Waals surface area contributed by atoms with Crippen molar-refractivity contribution in [2.24, 2.45) is 17.8 Å². The Morgan fingerprint density at radius 1 is 0.868 bits per heavy atom. The molecular weight excluding hydrogens is 676 g/mol. The number of benzene rings is 2. The second-order valence-electron chi connectivity index (χ2n) is 14.5. The Morgan fingerprint density at radius 2 is 1.51 bits per heavy atom. The fourth-order valence-corrected chi connectivity index (χ4v) is 7.01. The number of nitrogens with one attached hydrogen (secondary N) is 5. The van der Waals surface area contributed by atoms with Gasteiger partial charge in [-0.1, -0.05) is 107 Å². The molecule has 3 aromatic rings. The molecule has 7 N–H and O–H groups in total. The molecule has 4 rings (SSSR count). The average molecular weight is 733 g/mol. The minimum Gasteiger partial charge on any atom is -0.465 e. The summed E-state index contributed by atoms with van der Waals surface area (Å²) in [7, 11) is 0. The van der Waals surface area contributed by atoms with E-state index in [0.29, 0.717) is 37.4 Å². The summed E-state index contributed by atoms with van der Waals surface area (Å²) in [5.41, 5.74) is 2.26. The van der Waals surface area contributed by atoms with E-state index in [2.05, 4.69) is 45.1 Å². The Kier molecular flexibility index (Phi) is 16.6. The highest BCUT2D eigenvalue weighted by Crippen LogP contribution is 2.30. The lowest BCUT2D eigenvalue weighted by Crippen LogP contribution is -2.57. The Balaban J connectivity index is 1.44. The molecule has 13 heteroatoms. The van der Waals surface area contributed by atoms with E-state index in [1.165, 1.54) is 12.7 Å². The van der Waals surface area contributed by atoms with E-state index < -0.39 is 48.2 Å². The van der Waals surface area contributed by atoms with Gasteiger partial charge in [0.15, 0.2) is 0 Å². The first-order valence-corrected chi connectivity index (χ1v) is 18.8. The molecule has 53 heavy (non-hydrogen) atoms. The molecule has 1 saturated carbocycles. The fraction of sp³-hybridized carbons (Fsp3) is 0.525. The van der Waals surface area contributed by atoms with Gasteiger partial charge < -0.3 is 41.2 Å². The van der Waals surface area contributed by atoms with Crippen molar-refractivity contribution in [1.82, 2.24) is 31.2 Å². The molecule has 5 atom stereocenters. The van der Waals surface area contributed by atoms with E-state index in [1.807, 2.05) is 36.4 Å². The fourth-order valence-electron chi connectivity index (χ4n) is 7.01. The van der Waals surface area contributed by atoms with Crippen LogP contribution in [0.25, 0.3) is 0 Å². The number of alkyl carbamates (subject to hydrolysis) is 1. The van der Waals surface area contributed by atoms with E-state index in [0.717, 1.165) is 36.8 Å². The highest BCUT2D eigenvalue weighted by Gasteiger charge is 2.33. The number of carbonyl (C=O) groups excluding carboxylic acids is 3. The van der Waals surface area contributed by atoms with Gasteiger partial charge in [-0.15, -0.1) is 0 Å². The van der Waals surface area contributed by atoms with E-state index >= 15 is 0 Å². The number of carboxylic acid groups (broad SMARTS) is 1. The maximum atomic E-state index is 14.1. The van der Waals surface area contributed by atoms with Crippen LogP contribution in [-0.2, 0) is 33.8 Å². The van der Waals surface area contributed by atoms with Crippen LogP contribution in [0, 0.1) is 17.8 Å². The summed E-state index contributed by atoms with van der Waals surface area (Å²) in [4.78, 5) is 58.8. The topological polar surface area (TPSA) is 195 Å². The minimum absolute atomic E-state index is 0.0338. The van der Waals surface area contributed by atoms with Crippen molar-refractivity contribution in [3.05, 3.63) is 90.0 Å². The van der Waals surface area contributed by atoms with Crippen molar-refractivity contribution in [2.45, 2.75) is 109 Å². The van der Waals surface area contributed by atoms with Gasteiger partial charge in [0.05, 0.1) is 18.5 Å². The predicted octanol–water partition coefficient (Wildman–Crippen LogP) is 5.11. The zero-order chi connectivity index (χ0) is 38.0. The van der Waals surface area contributed by atoms with Gasteiger partial charge in [0.1, 0.15) is 18.7 Å². The molecule has 2 aromatic carbocycles. The Morgan fingerprint density at radius 3 is 2.13 bits per heavy atom. The molecule has 0 unspecified atom stereocenters. The van der Waals surface area contributed by atoms with Crippen molar-refractivity contribution in [2.75, 3.05) is 6.54 Å². The second-order valence-corrected chi connectivity index (χ2v) is 14.5. The lowest BCUT2D eigenvalue weighted by molar-refractivity contribution is -0.131. The number of hydrogen-bond donors (Lipinski definition) is 7. The second kappa shape index (κ2) is 21.6. The number of nitrogens with zero attached hydrogens (tertiary/aromatic N) is 1. The first-order chi connectivity index (χ1) is 25.6. The summed E-state index contributed by atoms with van der Waals surface area (Å²) in [6.45, 7) is 4.70. The van der Waals surface area contributed by atoms with Crippen LogP contribution in [0.4, 0.5) is 9.59 Å². The van der Waals surface area contributed by atoms with Crippen LogP contribution in [0.1, 0.15) is 82.0 Å². The van der Waals surface area contributed by atoms with Crippen molar-refractivity contribution < 1.29 is 34.1 Å². The summed E-state index contributed by atoms with van der Waals surface area (Å²) >= 11 is 0. The standard InChI is InChI=1S/C40H56N6O7/c1-27(2)31(18-19-42-40(52)53-25-30-16-10-5-11-17-30)22-36(47)33(20-28-12-6-3-7-13-28)44-38(49)35(23-32-24-41-26-43-32)45-37(48)34(46-39(50)51)21-29-14-8-4-9-15-29/h4-5,8-11,14-17,24,26-28,31,33-36,46-47H,3,6-7,12-13,18-23,25H2,1-2H3,(H,41,43)(H,42,52)(H,44,49)(H,45,48)(H,50,51)/t31-,33-,34-,35-,36-/m0/s1. The third-order valence-electron chi connectivity index (χ3n) is 10.1. The number of aromatic amines is 1. The van der Waals surface area contributed by atoms with Gasteiger partial charge in [0.25, 0.3) is 0 Å². The molecule has 0 aliphatic heterocycles. The van der Waals surface area contributed by atoms with Crippen LogP contribution < -0.4 is 21.3 Å². The first kappa shape index (κ1) is 40.9. The van der Waals surface area contributed by atoms with E-state index in [4.69, 9.17) is 4.74 Å². The largest absolute Gasteiger partial charge is 0.465 e. The number of imidazole rings is 1. The predicted molar refractivity (Wildman–Crippen MR) is 201 cm³/mol. The van der Waals surface area contributed by atoms with E-state index in [1.54, 1.807) is 30.5 Å². The van der Waals surface area contributed by atoms with Crippen molar-refractivity contribution >= 4 is 24.0 Å². The van der Waals surface area contributed by atoms with Gasteiger partial charge in [0, 0.05) is 31.3 Å². The summed E-state index contributed by atoms with van der Waals surface area (Å²) in [6.07, 6.45) is 7.45. The monoisotopic (exact) mass is 732 g/mol. The molecule has 4 amide bonds. The third kappa shape index (κ3) is 14.6. The van der Waals surface area contributed by atoms with Gasteiger partial charge >= 0.3 is 12.2 Å². The maximum Gasteiger partial charge on any atom is 0.407 e. The molecule has 1 aliphatic carbocycles. The Labute approximate surface area is 312 Å². The lowest BCUT2D eigenvalue weighted by Gasteiger charge is -2.34. The molecule has 0 bridgehead atoms. The number of aliphatic hydroxyl groups excluding tert-OH is 1. The van der Waals surface area contributed by atoms with Gasteiger partial charge in [0.2, 0.25) is 11.8 Å². The summed E-state index contributed by atoms with van der Waals surface area (Å²) < 4.78 is 5.35. The quantitative estimate of drug-likeness (QED) is 0.0833. The third-order valence-corrected chi connectivity index (χ3v) is 10.1. The maximum absolute atomic E-state index is 14.1. The summed E-state index contributed by atoms with van der Waals surface area (Å²) in [5.74, 6) is -0.571. The zero-order valence-electron chi connectivity index (χ0n) is 30.8. The van der Waals surface area contributed by atoms with Crippen LogP contribution in [-0.4, -0.2) is 75.0 Å². The van der Waals surface area contributed by atoms with Gasteiger partial charge in [-0.25, -0.2) is 14.6 Å². The lowest BCUT2D eigenvalue weighted by atomic mass is 9.80. The molecule has 1 heterocycles. The number of carbonyl (C=O) groups is 4. The first-order valence-electron chi connectivity index (χ1n) is 18.8. The van der Waals surface area contributed by atoms with Crippen LogP contribution in [0.3, 0.4) is 0 Å². The van der Waals surface area contributed by atoms with Crippen LogP contribution in [0.15, 0.2) is 73.2 Å². The van der Waals surface area contributed by atoms with Crippen molar-refractivity contribution in [3.63, 3.8) is 0 Å².